The summed E-state index contributed by atoms with van der Waals surface area (Å²) in [5.74, 6) is 0.573. The van der Waals surface area contributed by atoms with Gasteiger partial charge in [0.1, 0.15) is 11.6 Å². The molecule has 4 rings (SSSR count). The first kappa shape index (κ1) is 17.5. The summed E-state index contributed by atoms with van der Waals surface area (Å²) >= 11 is 0. The van der Waals surface area contributed by atoms with E-state index in [0.717, 1.165) is 49.3 Å². The summed E-state index contributed by atoms with van der Waals surface area (Å²) in [6.45, 7) is 2.61. The van der Waals surface area contributed by atoms with Gasteiger partial charge in [0, 0.05) is 43.0 Å². The minimum Gasteiger partial charge on any atom is -0.307 e. The maximum atomic E-state index is 13.1. The van der Waals surface area contributed by atoms with Gasteiger partial charge in [-0.15, -0.1) is 0 Å². The van der Waals surface area contributed by atoms with Crippen molar-refractivity contribution in [3.05, 3.63) is 82.3 Å². The fourth-order valence-corrected chi connectivity index (χ4v) is 3.62. The Balaban J connectivity index is 1.53. The van der Waals surface area contributed by atoms with Crippen molar-refractivity contribution < 1.29 is 4.39 Å². The highest BCUT2D eigenvalue weighted by atomic mass is 19.1. The van der Waals surface area contributed by atoms with Crippen LogP contribution in [0.15, 0.2) is 59.7 Å². The molecule has 1 aromatic carbocycles. The number of pyridine rings is 1. The third kappa shape index (κ3) is 4.28. The standard InChI is InChI=1S/C21H21FN4O/c22-18-5-3-15(4-6-18)13-26-11-1-2-17(14-26)19-12-20(27)25-21(24-19)16-7-9-23-10-8-16/h3-10,12,17H,1-2,11,13-14H2,(H,24,25,27). The molecule has 0 aliphatic carbocycles. The number of nitrogens with zero attached hydrogens (tertiary/aromatic N) is 3. The number of H-pyrrole nitrogens is 1. The van der Waals surface area contributed by atoms with Gasteiger partial charge in [-0.05, 0) is 49.2 Å². The van der Waals surface area contributed by atoms with Gasteiger partial charge >= 0.3 is 0 Å². The van der Waals surface area contributed by atoms with Gasteiger partial charge in [0.25, 0.3) is 5.56 Å². The predicted molar refractivity (Wildman–Crippen MR) is 102 cm³/mol. The largest absolute Gasteiger partial charge is 0.307 e. The van der Waals surface area contributed by atoms with Crippen LogP contribution in [0.4, 0.5) is 4.39 Å². The van der Waals surface area contributed by atoms with Gasteiger partial charge in [-0.3, -0.25) is 14.7 Å². The first-order chi connectivity index (χ1) is 13.2. The van der Waals surface area contributed by atoms with Gasteiger partial charge in [-0.25, -0.2) is 9.37 Å². The molecule has 5 nitrogen and oxygen atoms in total. The number of benzene rings is 1. The van der Waals surface area contributed by atoms with Crippen molar-refractivity contribution in [3.8, 4) is 11.4 Å². The number of hydrogen-bond acceptors (Lipinski definition) is 4. The molecule has 1 aliphatic heterocycles. The summed E-state index contributed by atoms with van der Waals surface area (Å²) in [6, 6.07) is 11.9. The van der Waals surface area contributed by atoms with Crippen LogP contribution < -0.4 is 5.56 Å². The number of aromatic amines is 1. The first-order valence-electron chi connectivity index (χ1n) is 9.16. The lowest BCUT2D eigenvalue weighted by molar-refractivity contribution is 0.198. The van der Waals surface area contributed by atoms with Crippen molar-refractivity contribution >= 4 is 0 Å². The molecule has 0 amide bonds. The second kappa shape index (κ2) is 7.80. The van der Waals surface area contributed by atoms with Gasteiger partial charge in [0.2, 0.25) is 0 Å². The van der Waals surface area contributed by atoms with E-state index in [0.29, 0.717) is 5.82 Å². The third-order valence-corrected chi connectivity index (χ3v) is 4.96. The Morgan fingerprint density at radius 3 is 2.70 bits per heavy atom. The zero-order valence-electron chi connectivity index (χ0n) is 14.9. The normalized spacial score (nSPS) is 17.7. The Bertz CT molecular complexity index is 956. The fraction of sp³-hybridized carbons (Fsp3) is 0.286. The number of rotatable bonds is 4. The van der Waals surface area contributed by atoms with Crippen LogP contribution in [-0.4, -0.2) is 32.9 Å². The second-order valence-corrected chi connectivity index (χ2v) is 6.96. The van der Waals surface area contributed by atoms with Crippen LogP contribution in [0.3, 0.4) is 0 Å². The number of halogens is 1. The van der Waals surface area contributed by atoms with Gasteiger partial charge in [-0.1, -0.05) is 12.1 Å². The average Bonchev–Trinajstić information content (AvgIpc) is 2.70. The van der Waals surface area contributed by atoms with Gasteiger partial charge < -0.3 is 4.98 Å². The number of piperidine rings is 1. The van der Waals surface area contributed by atoms with E-state index in [2.05, 4.69) is 14.9 Å². The van der Waals surface area contributed by atoms with Crippen LogP contribution >= 0.6 is 0 Å². The topological polar surface area (TPSA) is 61.9 Å². The van der Waals surface area contributed by atoms with E-state index in [1.165, 1.54) is 12.1 Å². The first-order valence-corrected chi connectivity index (χ1v) is 9.16. The molecule has 0 radical (unpaired) electrons. The summed E-state index contributed by atoms with van der Waals surface area (Å²) in [4.78, 5) is 26.1. The highest BCUT2D eigenvalue weighted by Gasteiger charge is 2.23. The molecule has 1 unspecified atom stereocenters. The molecule has 3 heterocycles. The molecule has 1 saturated heterocycles. The van der Waals surface area contributed by atoms with Crippen LogP contribution in [0, 0.1) is 5.82 Å². The SMILES string of the molecule is O=c1cc(C2CCCN(Cc3ccc(F)cc3)C2)nc(-c2ccncc2)[nH]1. The molecule has 3 aromatic rings. The van der Waals surface area contributed by atoms with Crippen molar-refractivity contribution in [3.63, 3.8) is 0 Å². The maximum Gasteiger partial charge on any atom is 0.251 e. The number of likely N-dealkylation sites (tertiary alicyclic amines) is 1. The molecule has 1 atom stereocenters. The molecule has 1 aliphatic rings. The zero-order valence-corrected chi connectivity index (χ0v) is 14.9. The van der Waals surface area contributed by atoms with Crippen molar-refractivity contribution in [1.82, 2.24) is 19.9 Å². The van der Waals surface area contributed by atoms with Crippen molar-refractivity contribution in [2.75, 3.05) is 13.1 Å². The Morgan fingerprint density at radius 2 is 1.93 bits per heavy atom. The molecule has 138 valence electrons. The van der Waals surface area contributed by atoms with Crippen LogP contribution in [0.5, 0.6) is 0 Å². The number of nitrogens with one attached hydrogen (secondary N) is 1. The Hall–Kier alpha value is -2.86. The maximum absolute atomic E-state index is 13.1. The van der Waals surface area contributed by atoms with Gasteiger partial charge in [0.05, 0.1) is 5.69 Å². The van der Waals surface area contributed by atoms with E-state index in [1.807, 2.05) is 24.3 Å². The number of aromatic nitrogens is 3. The summed E-state index contributed by atoms with van der Waals surface area (Å²) in [6.07, 6.45) is 5.43. The van der Waals surface area contributed by atoms with Crippen LogP contribution in [0.25, 0.3) is 11.4 Å². The lowest BCUT2D eigenvalue weighted by atomic mass is 9.94. The van der Waals surface area contributed by atoms with E-state index in [4.69, 9.17) is 4.98 Å². The van der Waals surface area contributed by atoms with E-state index in [9.17, 15) is 9.18 Å². The van der Waals surface area contributed by atoms with Gasteiger partial charge in [-0.2, -0.15) is 0 Å². The van der Waals surface area contributed by atoms with E-state index in [-0.39, 0.29) is 17.3 Å². The van der Waals surface area contributed by atoms with Crippen molar-refractivity contribution in [2.24, 2.45) is 0 Å². The summed E-state index contributed by atoms with van der Waals surface area (Å²) < 4.78 is 13.1. The smallest absolute Gasteiger partial charge is 0.251 e. The molecular weight excluding hydrogens is 343 g/mol. The Morgan fingerprint density at radius 1 is 1.15 bits per heavy atom. The van der Waals surface area contributed by atoms with Crippen LogP contribution in [0.2, 0.25) is 0 Å². The highest BCUT2D eigenvalue weighted by Crippen LogP contribution is 2.27. The molecule has 0 bridgehead atoms. The molecule has 1 fully saturated rings. The minimum atomic E-state index is -0.216. The summed E-state index contributed by atoms with van der Waals surface area (Å²) in [5.41, 5.74) is 2.63. The van der Waals surface area contributed by atoms with Crippen LogP contribution in [0.1, 0.15) is 30.0 Å². The van der Waals surface area contributed by atoms with E-state index >= 15 is 0 Å². The van der Waals surface area contributed by atoms with Crippen molar-refractivity contribution in [1.29, 1.82) is 0 Å². The Kier molecular flexibility index (Phi) is 5.07. The third-order valence-electron chi connectivity index (χ3n) is 4.96. The fourth-order valence-electron chi connectivity index (χ4n) is 3.62. The monoisotopic (exact) mass is 364 g/mol. The quantitative estimate of drug-likeness (QED) is 0.771. The van der Waals surface area contributed by atoms with E-state index < -0.39 is 0 Å². The molecule has 2 aromatic heterocycles. The molecule has 0 spiro atoms. The average molecular weight is 364 g/mol. The Labute approximate surface area is 156 Å². The van der Waals surface area contributed by atoms with Gasteiger partial charge in [0.15, 0.2) is 0 Å². The molecule has 0 saturated carbocycles. The molecule has 6 heteroatoms. The zero-order chi connectivity index (χ0) is 18.6. The highest BCUT2D eigenvalue weighted by molar-refractivity contribution is 5.53. The summed E-state index contributed by atoms with van der Waals surface area (Å²) in [5, 5.41) is 0. The predicted octanol–water partition coefficient (Wildman–Crippen LogP) is 3.35. The molecular formula is C21H21FN4O. The van der Waals surface area contributed by atoms with E-state index in [1.54, 1.807) is 18.5 Å². The lowest BCUT2D eigenvalue weighted by Crippen LogP contribution is -2.34. The minimum absolute atomic E-state index is 0.137. The second-order valence-electron chi connectivity index (χ2n) is 6.96. The molecule has 27 heavy (non-hydrogen) atoms. The molecule has 1 N–H and O–H groups in total. The van der Waals surface area contributed by atoms with Crippen molar-refractivity contribution in [2.45, 2.75) is 25.3 Å². The summed E-state index contributed by atoms with van der Waals surface area (Å²) in [7, 11) is 0. The lowest BCUT2D eigenvalue weighted by Gasteiger charge is -2.32. The number of hydrogen-bond donors (Lipinski definition) is 1. The van der Waals surface area contributed by atoms with Crippen LogP contribution in [-0.2, 0) is 6.54 Å².